The van der Waals surface area contributed by atoms with E-state index in [0.29, 0.717) is 12.1 Å². The van der Waals surface area contributed by atoms with Gasteiger partial charge in [-0.25, -0.2) is 0 Å². The SMILES string of the molecule is N#Cc1cn(C(CN)c2ccccc2)c(-c2ccccc2)c1-c1ccccc1. The Balaban J connectivity index is 2.02. The average Bonchev–Trinajstić information content (AvgIpc) is 3.15. The highest BCUT2D eigenvalue weighted by Crippen LogP contribution is 2.39. The van der Waals surface area contributed by atoms with Crippen LogP contribution in [0.5, 0.6) is 0 Å². The zero-order valence-corrected chi connectivity index (χ0v) is 15.5. The molecule has 3 nitrogen and oxygen atoms in total. The van der Waals surface area contributed by atoms with Crippen LogP contribution in [0.3, 0.4) is 0 Å². The van der Waals surface area contributed by atoms with E-state index in [9.17, 15) is 5.26 Å². The molecular weight excluding hydrogens is 342 g/mol. The van der Waals surface area contributed by atoms with E-state index in [1.54, 1.807) is 0 Å². The molecule has 0 spiro atoms. The van der Waals surface area contributed by atoms with Crippen LogP contribution >= 0.6 is 0 Å². The smallest absolute Gasteiger partial charge is 0.101 e. The van der Waals surface area contributed by atoms with E-state index in [1.807, 2.05) is 72.9 Å². The van der Waals surface area contributed by atoms with Crippen LogP contribution < -0.4 is 5.73 Å². The van der Waals surface area contributed by atoms with Crippen molar-refractivity contribution in [2.75, 3.05) is 6.54 Å². The molecule has 0 bridgehead atoms. The first-order valence-corrected chi connectivity index (χ1v) is 9.34. The second-order valence-corrected chi connectivity index (χ2v) is 6.68. The first kappa shape index (κ1) is 17.8. The van der Waals surface area contributed by atoms with Gasteiger partial charge in [0.25, 0.3) is 0 Å². The Morgan fingerprint density at radius 2 is 1.32 bits per heavy atom. The number of nitriles is 1. The number of hydrogen-bond donors (Lipinski definition) is 1. The molecule has 1 unspecified atom stereocenters. The summed E-state index contributed by atoms with van der Waals surface area (Å²) in [6.07, 6.45) is 1.94. The van der Waals surface area contributed by atoms with Crippen LogP contribution in [0.15, 0.2) is 97.2 Å². The Morgan fingerprint density at radius 3 is 1.86 bits per heavy atom. The van der Waals surface area contributed by atoms with Crippen molar-refractivity contribution in [3.05, 3.63) is 108 Å². The van der Waals surface area contributed by atoms with Crippen LogP contribution in [0, 0.1) is 11.3 Å². The van der Waals surface area contributed by atoms with Crippen LogP contribution in [0.25, 0.3) is 22.4 Å². The highest BCUT2D eigenvalue weighted by molar-refractivity contribution is 5.86. The first-order chi connectivity index (χ1) is 13.8. The molecule has 0 saturated carbocycles. The largest absolute Gasteiger partial charge is 0.337 e. The van der Waals surface area contributed by atoms with Crippen molar-refractivity contribution in [1.82, 2.24) is 4.57 Å². The molecule has 0 aliphatic carbocycles. The lowest BCUT2D eigenvalue weighted by Gasteiger charge is -2.22. The fraction of sp³-hybridized carbons (Fsp3) is 0.0800. The van der Waals surface area contributed by atoms with Gasteiger partial charge in [-0.15, -0.1) is 0 Å². The number of nitrogens with zero attached hydrogens (tertiary/aromatic N) is 2. The van der Waals surface area contributed by atoms with Crippen LogP contribution in [-0.2, 0) is 0 Å². The minimum absolute atomic E-state index is 0.0547. The van der Waals surface area contributed by atoms with Gasteiger partial charge in [-0.3, -0.25) is 0 Å². The number of rotatable bonds is 5. The molecule has 0 fully saturated rings. The van der Waals surface area contributed by atoms with Crippen molar-refractivity contribution in [1.29, 1.82) is 5.26 Å². The molecule has 136 valence electrons. The Morgan fingerprint density at radius 1 is 0.786 bits per heavy atom. The third kappa shape index (κ3) is 3.22. The molecule has 1 atom stereocenters. The molecular formula is C25H21N3. The summed E-state index contributed by atoms with van der Waals surface area (Å²) in [5, 5.41) is 9.89. The van der Waals surface area contributed by atoms with E-state index < -0.39 is 0 Å². The van der Waals surface area contributed by atoms with E-state index in [2.05, 4.69) is 34.9 Å². The van der Waals surface area contributed by atoms with E-state index in [1.165, 1.54) is 0 Å². The van der Waals surface area contributed by atoms with Gasteiger partial charge in [0.05, 0.1) is 17.3 Å². The zero-order chi connectivity index (χ0) is 19.3. The van der Waals surface area contributed by atoms with E-state index >= 15 is 0 Å². The molecule has 4 rings (SSSR count). The summed E-state index contributed by atoms with van der Waals surface area (Å²) in [5.41, 5.74) is 12.1. The average molecular weight is 363 g/mol. The highest BCUT2D eigenvalue weighted by Gasteiger charge is 2.23. The fourth-order valence-corrected chi connectivity index (χ4v) is 3.73. The second kappa shape index (κ2) is 7.96. The summed E-state index contributed by atoms with van der Waals surface area (Å²) in [6.45, 7) is 0.442. The van der Waals surface area contributed by atoms with Gasteiger partial charge in [0.2, 0.25) is 0 Å². The van der Waals surface area contributed by atoms with Crippen molar-refractivity contribution < 1.29 is 0 Å². The normalized spacial score (nSPS) is 11.7. The Kier molecular flexibility index (Phi) is 5.05. The molecule has 0 aliphatic rings. The maximum absolute atomic E-state index is 9.89. The van der Waals surface area contributed by atoms with Gasteiger partial charge in [0, 0.05) is 18.3 Å². The minimum Gasteiger partial charge on any atom is -0.337 e. The Bertz CT molecular complexity index is 1090. The van der Waals surface area contributed by atoms with E-state index in [-0.39, 0.29) is 6.04 Å². The molecule has 3 heteroatoms. The lowest BCUT2D eigenvalue weighted by Crippen LogP contribution is -2.20. The first-order valence-electron chi connectivity index (χ1n) is 9.34. The molecule has 3 aromatic carbocycles. The van der Waals surface area contributed by atoms with Gasteiger partial charge in [0.15, 0.2) is 0 Å². The Labute approximate surface area is 165 Å². The number of benzene rings is 3. The molecule has 1 aromatic heterocycles. The number of aromatic nitrogens is 1. The zero-order valence-electron chi connectivity index (χ0n) is 15.5. The van der Waals surface area contributed by atoms with Gasteiger partial charge < -0.3 is 10.3 Å². The summed E-state index contributed by atoms with van der Waals surface area (Å²) < 4.78 is 2.16. The second-order valence-electron chi connectivity index (χ2n) is 6.68. The summed E-state index contributed by atoms with van der Waals surface area (Å²) in [4.78, 5) is 0. The standard InChI is InChI=1S/C25H21N3/c26-16-22-18-28(23(17-27)19-10-4-1-5-11-19)25(21-14-8-3-9-15-21)24(22)20-12-6-2-7-13-20/h1-15,18,23H,17,27H2. The summed E-state index contributed by atoms with van der Waals surface area (Å²) in [5.74, 6) is 0. The third-order valence-electron chi connectivity index (χ3n) is 5.01. The number of hydrogen-bond acceptors (Lipinski definition) is 2. The lowest BCUT2D eigenvalue weighted by molar-refractivity contribution is 0.603. The van der Waals surface area contributed by atoms with E-state index in [0.717, 1.165) is 27.9 Å². The lowest BCUT2D eigenvalue weighted by atomic mass is 9.97. The molecule has 0 aliphatic heterocycles. The van der Waals surface area contributed by atoms with Gasteiger partial charge in [0.1, 0.15) is 6.07 Å². The molecule has 28 heavy (non-hydrogen) atoms. The molecule has 4 aromatic rings. The van der Waals surface area contributed by atoms with Crippen molar-refractivity contribution in [3.8, 4) is 28.5 Å². The monoisotopic (exact) mass is 363 g/mol. The molecule has 0 radical (unpaired) electrons. The molecule has 1 heterocycles. The topological polar surface area (TPSA) is 54.7 Å². The predicted octanol–water partition coefficient (Wildman–Crippen LogP) is 5.24. The van der Waals surface area contributed by atoms with Gasteiger partial charge in [-0.2, -0.15) is 5.26 Å². The summed E-state index contributed by atoms with van der Waals surface area (Å²) in [6, 6.07) is 32.8. The van der Waals surface area contributed by atoms with Crippen LogP contribution in [0.1, 0.15) is 17.2 Å². The van der Waals surface area contributed by atoms with Gasteiger partial charge in [-0.1, -0.05) is 91.0 Å². The van der Waals surface area contributed by atoms with E-state index in [4.69, 9.17) is 5.73 Å². The van der Waals surface area contributed by atoms with Gasteiger partial charge >= 0.3 is 0 Å². The number of nitrogens with two attached hydrogens (primary N) is 1. The summed E-state index contributed by atoms with van der Waals surface area (Å²) >= 11 is 0. The molecule has 0 amide bonds. The Hall–Kier alpha value is -3.61. The maximum Gasteiger partial charge on any atom is 0.101 e. The molecule has 0 saturated heterocycles. The fourth-order valence-electron chi connectivity index (χ4n) is 3.73. The van der Waals surface area contributed by atoms with Crippen molar-refractivity contribution in [2.24, 2.45) is 5.73 Å². The minimum atomic E-state index is -0.0547. The van der Waals surface area contributed by atoms with Crippen LogP contribution in [0.4, 0.5) is 0 Å². The highest BCUT2D eigenvalue weighted by atomic mass is 15.0. The molecule has 2 N–H and O–H groups in total. The van der Waals surface area contributed by atoms with Crippen molar-refractivity contribution in [3.63, 3.8) is 0 Å². The maximum atomic E-state index is 9.89. The van der Waals surface area contributed by atoms with Crippen LogP contribution in [0.2, 0.25) is 0 Å². The predicted molar refractivity (Wildman–Crippen MR) is 114 cm³/mol. The van der Waals surface area contributed by atoms with Crippen molar-refractivity contribution >= 4 is 0 Å². The summed E-state index contributed by atoms with van der Waals surface area (Å²) in [7, 11) is 0. The van der Waals surface area contributed by atoms with Crippen LogP contribution in [-0.4, -0.2) is 11.1 Å². The quantitative estimate of drug-likeness (QED) is 0.527. The van der Waals surface area contributed by atoms with Gasteiger partial charge in [-0.05, 0) is 16.7 Å². The van der Waals surface area contributed by atoms with Crippen molar-refractivity contribution in [2.45, 2.75) is 6.04 Å². The third-order valence-corrected chi connectivity index (χ3v) is 5.01.